The number of fused-ring (bicyclic) bond motifs is 1. The second-order valence-electron chi connectivity index (χ2n) is 5.18. The van der Waals surface area contributed by atoms with Gasteiger partial charge in [0.25, 0.3) is 0 Å². The molecule has 1 aliphatic rings. The Kier molecular flexibility index (Phi) is 5.41. The molecule has 0 bridgehead atoms. The minimum absolute atomic E-state index is 0. The Labute approximate surface area is 136 Å². The number of carbonyl (C=O) groups excluding carboxylic acids is 1. The zero-order valence-corrected chi connectivity index (χ0v) is 13.2. The number of furan rings is 1. The first-order valence-electron chi connectivity index (χ1n) is 7.09. The van der Waals surface area contributed by atoms with Crippen molar-refractivity contribution in [3.8, 4) is 0 Å². The Balaban J connectivity index is 0.00000176. The van der Waals surface area contributed by atoms with Crippen molar-refractivity contribution < 1.29 is 9.21 Å². The van der Waals surface area contributed by atoms with Crippen molar-refractivity contribution in [2.45, 2.75) is 19.9 Å². The SMILES string of the molecule is Cc1ccc(C=CC(=O)Nc2ccc3c(c2)CNCC3)o1.Cl. The van der Waals surface area contributed by atoms with Gasteiger partial charge >= 0.3 is 0 Å². The van der Waals surface area contributed by atoms with Gasteiger partial charge in [-0.3, -0.25) is 4.79 Å². The average molecular weight is 319 g/mol. The van der Waals surface area contributed by atoms with Crippen molar-refractivity contribution in [1.82, 2.24) is 5.32 Å². The van der Waals surface area contributed by atoms with Gasteiger partial charge in [-0.15, -0.1) is 12.4 Å². The van der Waals surface area contributed by atoms with Crippen LogP contribution < -0.4 is 10.6 Å². The maximum absolute atomic E-state index is 11.9. The summed E-state index contributed by atoms with van der Waals surface area (Å²) in [5.74, 6) is 1.35. The first kappa shape index (κ1) is 16.3. The number of carbonyl (C=O) groups is 1. The predicted molar refractivity (Wildman–Crippen MR) is 90.2 cm³/mol. The molecule has 0 unspecified atom stereocenters. The number of rotatable bonds is 3. The maximum Gasteiger partial charge on any atom is 0.248 e. The molecule has 1 aliphatic heterocycles. The van der Waals surface area contributed by atoms with Crippen molar-refractivity contribution in [2.75, 3.05) is 11.9 Å². The molecule has 3 rings (SSSR count). The molecule has 1 aromatic carbocycles. The molecule has 4 nitrogen and oxygen atoms in total. The van der Waals surface area contributed by atoms with Gasteiger partial charge in [-0.05, 0) is 61.4 Å². The molecule has 0 aliphatic carbocycles. The van der Waals surface area contributed by atoms with Crippen LogP contribution in [0.5, 0.6) is 0 Å². The molecule has 0 spiro atoms. The van der Waals surface area contributed by atoms with E-state index in [1.54, 1.807) is 6.08 Å². The monoisotopic (exact) mass is 318 g/mol. The quantitative estimate of drug-likeness (QED) is 0.854. The summed E-state index contributed by atoms with van der Waals surface area (Å²) in [5, 5.41) is 6.21. The van der Waals surface area contributed by atoms with Gasteiger partial charge in [0.05, 0.1) is 0 Å². The van der Waals surface area contributed by atoms with E-state index < -0.39 is 0 Å². The van der Waals surface area contributed by atoms with Crippen LogP contribution >= 0.6 is 12.4 Å². The average Bonchev–Trinajstić information content (AvgIpc) is 2.91. The fourth-order valence-electron chi connectivity index (χ4n) is 2.44. The van der Waals surface area contributed by atoms with Crippen molar-refractivity contribution in [3.63, 3.8) is 0 Å². The van der Waals surface area contributed by atoms with E-state index in [0.717, 1.165) is 31.0 Å². The smallest absolute Gasteiger partial charge is 0.248 e. The van der Waals surface area contributed by atoms with Gasteiger partial charge in [-0.2, -0.15) is 0 Å². The Morgan fingerprint density at radius 1 is 1.27 bits per heavy atom. The summed E-state index contributed by atoms with van der Waals surface area (Å²) in [4.78, 5) is 11.9. The van der Waals surface area contributed by atoms with Gasteiger partial charge in [0.2, 0.25) is 5.91 Å². The molecule has 2 N–H and O–H groups in total. The largest absolute Gasteiger partial charge is 0.462 e. The summed E-state index contributed by atoms with van der Waals surface area (Å²) in [7, 11) is 0. The van der Waals surface area contributed by atoms with Crippen LogP contribution in [0.15, 0.2) is 40.8 Å². The van der Waals surface area contributed by atoms with Gasteiger partial charge in [0, 0.05) is 18.3 Å². The van der Waals surface area contributed by atoms with Crippen LogP contribution in [0.25, 0.3) is 6.08 Å². The van der Waals surface area contributed by atoms with E-state index in [4.69, 9.17) is 4.42 Å². The van der Waals surface area contributed by atoms with Gasteiger partial charge in [0.15, 0.2) is 0 Å². The van der Waals surface area contributed by atoms with Crippen LogP contribution in [0.2, 0.25) is 0 Å². The van der Waals surface area contributed by atoms with Crippen LogP contribution in [0, 0.1) is 6.92 Å². The third-order valence-corrected chi connectivity index (χ3v) is 3.52. The fourth-order valence-corrected chi connectivity index (χ4v) is 2.44. The second kappa shape index (κ2) is 7.29. The van der Waals surface area contributed by atoms with E-state index in [2.05, 4.69) is 16.7 Å². The number of hydrogen-bond donors (Lipinski definition) is 2. The molecule has 0 atom stereocenters. The van der Waals surface area contributed by atoms with E-state index in [0.29, 0.717) is 5.76 Å². The number of nitrogens with one attached hydrogen (secondary N) is 2. The van der Waals surface area contributed by atoms with Crippen molar-refractivity contribution in [3.05, 3.63) is 59.1 Å². The summed E-state index contributed by atoms with van der Waals surface area (Å²) in [6.45, 7) is 3.75. The molecule has 0 fully saturated rings. The highest BCUT2D eigenvalue weighted by Gasteiger charge is 2.09. The van der Waals surface area contributed by atoms with Gasteiger partial charge in [-0.25, -0.2) is 0 Å². The normalized spacial score (nSPS) is 13.5. The van der Waals surface area contributed by atoms with Crippen LogP contribution in [0.4, 0.5) is 5.69 Å². The number of hydrogen-bond acceptors (Lipinski definition) is 3. The summed E-state index contributed by atoms with van der Waals surface area (Å²) < 4.78 is 5.38. The summed E-state index contributed by atoms with van der Waals surface area (Å²) in [6.07, 6.45) is 4.19. The van der Waals surface area contributed by atoms with E-state index in [1.807, 2.05) is 31.2 Å². The molecular weight excluding hydrogens is 300 g/mol. The highest BCUT2D eigenvalue weighted by Crippen LogP contribution is 2.19. The van der Waals surface area contributed by atoms with Crippen molar-refractivity contribution >= 4 is 30.1 Å². The lowest BCUT2D eigenvalue weighted by molar-refractivity contribution is -0.111. The second-order valence-corrected chi connectivity index (χ2v) is 5.18. The van der Waals surface area contributed by atoms with Gasteiger partial charge in [0.1, 0.15) is 11.5 Å². The number of halogens is 1. The third-order valence-electron chi connectivity index (χ3n) is 3.52. The van der Waals surface area contributed by atoms with Crippen LogP contribution in [0.1, 0.15) is 22.6 Å². The summed E-state index contributed by atoms with van der Waals surface area (Å²) >= 11 is 0. The molecule has 5 heteroatoms. The molecule has 0 saturated carbocycles. The lowest BCUT2D eigenvalue weighted by atomic mass is 10.0. The maximum atomic E-state index is 11.9. The Morgan fingerprint density at radius 3 is 2.91 bits per heavy atom. The summed E-state index contributed by atoms with van der Waals surface area (Å²) in [5.41, 5.74) is 3.43. The molecule has 22 heavy (non-hydrogen) atoms. The molecule has 0 radical (unpaired) electrons. The lowest BCUT2D eigenvalue weighted by Crippen LogP contribution is -2.23. The molecule has 1 aromatic heterocycles. The molecule has 1 amide bonds. The van der Waals surface area contributed by atoms with Crippen LogP contribution in [0.3, 0.4) is 0 Å². The first-order chi connectivity index (χ1) is 10.2. The zero-order valence-electron chi connectivity index (χ0n) is 12.4. The van der Waals surface area contributed by atoms with Crippen LogP contribution in [-0.4, -0.2) is 12.5 Å². The first-order valence-corrected chi connectivity index (χ1v) is 7.09. The lowest BCUT2D eigenvalue weighted by Gasteiger charge is -2.17. The van der Waals surface area contributed by atoms with Crippen LogP contribution in [-0.2, 0) is 17.8 Å². The van der Waals surface area contributed by atoms with E-state index in [9.17, 15) is 4.79 Å². The fraction of sp³-hybridized carbons (Fsp3) is 0.235. The topological polar surface area (TPSA) is 54.3 Å². The minimum atomic E-state index is -0.159. The number of anilines is 1. The highest BCUT2D eigenvalue weighted by atomic mass is 35.5. The van der Waals surface area contributed by atoms with E-state index in [-0.39, 0.29) is 18.3 Å². The predicted octanol–water partition coefficient (Wildman–Crippen LogP) is 3.31. The number of amides is 1. The molecular formula is C17H19ClN2O2. The van der Waals surface area contributed by atoms with E-state index in [1.165, 1.54) is 17.2 Å². The molecule has 2 heterocycles. The molecule has 116 valence electrons. The van der Waals surface area contributed by atoms with Crippen molar-refractivity contribution in [1.29, 1.82) is 0 Å². The Hall–Kier alpha value is -2.04. The summed E-state index contributed by atoms with van der Waals surface area (Å²) in [6, 6.07) is 9.78. The molecule has 0 saturated heterocycles. The van der Waals surface area contributed by atoms with Gasteiger partial charge < -0.3 is 15.1 Å². The third kappa shape index (κ3) is 4.00. The number of aryl methyl sites for hydroxylation is 1. The Bertz CT molecular complexity index is 692. The minimum Gasteiger partial charge on any atom is -0.462 e. The highest BCUT2D eigenvalue weighted by molar-refractivity contribution is 6.01. The Morgan fingerprint density at radius 2 is 2.14 bits per heavy atom. The van der Waals surface area contributed by atoms with Crippen molar-refractivity contribution in [2.24, 2.45) is 0 Å². The standard InChI is InChI=1S/C17H18N2O2.ClH/c1-12-2-5-16(21-12)6-7-17(20)19-15-4-3-13-8-9-18-11-14(13)10-15;/h2-7,10,18H,8-9,11H2,1H3,(H,19,20);1H. The zero-order chi connectivity index (χ0) is 14.7. The molecule has 2 aromatic rings. The van der Waals surface area contributed by atoms with E-state index >= 15 is 0 Å². The number of benzene rings is 1. The van der Waals surface area contributed by atoms with Gasteiger partial charge in [-0.1, -0.05) is 6.07 Å².